The maximum absolute atomic E-state index is 12.8. The zero-order valence-corrected chi connectivity index (χ0v) is 13.6. The van der Waals surface area contributed by atoms with Gasteiger partial charge in [0, 0.05) is 17.6 Å². The Labute approximate surface area is 143 Å². The van der Waals surface area contributed by atoms with Gasteiger partial charge in [0.1, 0.15) is 11.6 Å². The smallest absolute Gasteiger partial charge is 0.258 e. The van der Waals surface area contributed by atoms with Crippen molar-refractivity contribution >= 4 is 16.8 Å². The molecule has 0 atom stereocenters. The van der Waals surface area contributed by atoms with Crippen molar-refractivity contribution in [3.05, 3.63) is 75.8 Å². The molecular weight excluding hydrogens is 323 g/mol. The molecular formula is C19H17FN2O3. The lowest BCUT2D eigenvalue weighted by Crippen LogP contribution is -2.30. The third-order valence-corrected chi connectivity index (χ3v) is 3.74. The number of benzene rings is 2. The van der Waals surface area contributed by atoms with Gasteiger partial charge in [0.15, 0.2) is 6.61 Å². The van der Waals surface area contributed by atoms with E-state index in [1.165, 1.54) is 24.3 Å². The van der Waals surface area contributed by atoms with Crippen LogP contribution in [0.2, 0.25) is 0 Å². The maximum Gasteiger partial charge on any atom is 0.258 e. The van der Waals surface area contributed by atoms with Crippen molar-refractivity contribution in [3.8, 4) is 5.75 Å². The van der Waals surface area contributed by atoms with Gasteiger partial charge in [0.05, 0.1) is 0 Å². The van der Waals surface area contributed by atoms with Crippen molar-refractivity contribution in [1.29, 1.82) is 0 Å². The second-order valence-electron chi connectivity index (χ2n) is 5.73. The number of carbonyl (C=O) groups excluding carboxylic acids is 1. The highest BCUT2D eigenvalue weighted by Gasteiger charge is 2.07. The first-order valence-electron chi connectivity index (χ1n) is 7.79. The lowest BCUT2D eigenvalue weighted by molar-refractivity contribution is -0.123. The molecule has 0 unspecified atom stereocenters. The lowest BCUT2D eigenvalue weighted by Gasteiger charge is -2.08. The molecule has 0 radical (unpaired) electrons. The number of aryl methyl sites for hydroxylation is 1. The fraction of sp³-hybridized carbons (Fsp3) is 0.158. The van der Waals surface area contributed by atoms with Crippen molar-refractivity contribution in [2.45, 2.75) is 13.5 Å². The minimum Gasteiger partial charge on any atom is -0.484 e. The maximum atomic E-state index is 12.8. The van der Waals surface area contributed by atoms with Gasteiger partial charge < -0.3 is 15.0 Å². The van der Waals surface area contributed by atoms with E-state index in [0.717, 1.165) is 16.5 Å². The molecule has 0 saturated heterocycles. The monoisotopic (exact) mass is 340 g/mol. The summed E-state index contributed by atoms with van der Waals surface area (Å²) in [5.41, 5.74) is 2.07. The third-order valence-electron chi connectivity index (χ3n) is 3.74. The van der Waals surface area contributed by atoms with Crippen LogP contribution in [0.1, 0.15) is 11.1 Å². The van der Waals surface area contributed by atoms with Crippen LogP contribution in [0.25, 0.3) is 10.9 Å². The molecule has 0 aliphatic heterocycles. The van der Waals surface area contributed by atoms with E-state index in [4.69, 9.17) is 4.74 Å². The van der Waals surface area contributed by atoms with Gasteiger partial charge in [-0.1, -0.05) is 11.6 Å². The quantitative estimate of drug-likeness (QED) is 0.750. The largest absolute Gasteiger partial charge is 0.484 e. The average Bonchev–Trinajstić information content (AvgIpc) is 2.60. The van der Waals surface area contributed by atoms with E-state index in [1.54, 1.807) is 6.07 Å². The zero-order valence-electron chi connectivity index (χ0n) is 13.6. The molecule has 3 aromatic rings. The van der Waals surface area contributed by atoms with Crippen molar-refractivity contribution < 1.29 is 13.9 Å². The molecule has 0 aliphatic carbocycles. The van der Waals surface area contributed by atoms with Crippen molar-refractivity contribution in [3.63, 3.8) is 0 Å². The summed E-state index contributed by atoms with van der Waals surface area (Å²) in [5, 5.41) is 3.55. The number of halogens is 1. The Morgan fingerprint density at radius 1 is 1.16 bits per heavy atom. The molecule has 0 bridgehead atoms. The standard InChI is InChI=1S/C19H17FN2O3/c1-12-2-7-17-13(8-12)9-14(19(24)22-17)10-21-18(23)11-25-16-5-3-15(20)4-6-16/h2-9H,10-11H2,1H3,(H,21,23)(H,22,24). The van der Waals surface area contributed by atoms with E-state index in [-0.39, 0.29) is 30.4 Å². The molecule has 2 aromatic carbocycles. The van der Waals surface area contributed by atoms with Crippen LogP contribution in [-0.2, 0) is 11.3 Å². The summed E-state index contributed by atoms with van der Waals surface area (Å²) in [4.78, 5) is 26.7. The Hall–Kier alpha value is -3.15. The predicted octanol–water partition coefficient (Wildman–Crippen LogP) is 2.67. The summed E-state index contributed by atoms with van der Waals surface area (Å²) < 4.78 is 18.1. The number of rotatable bonds is 5. The second kappa shape index (κ2) is 7.17. The first kappa shape index (κ1) is 16.7. The molecule has 3 rings (SSSR count). The fourth-order valence-electron chi connectivity index (χ4n) is 2.43. The minimum atomic E-state index is -0.373. The molecule has 0 spiro atoms. The molecule has 1 amide bonds. The van der Waals surface area contributed by atoms with E-state index >= 15 is 0 Å². The van der Waals surface area contributed by atoms with Gasteiger partial charge in [-0.25, -0.2) is 4.39 Å². The molecule has 1 heterocycles. The number of pyridine rings is 1. The van der Waals surface area contributed by atoms with Gasteiger partial charge in [0.25, 0.3) is 11.5 Å². The van der Waals surface area contributed by atoms with Crippen LogP contribution < -0.4 is 15.6 Å². The van der Waals surface area contributed by atoms with E-state index in [2.05, 4.69) is 10.3 Å². The third kappa shape index (κ3) is 4.23. The number of aromatic nitrogens is 1. The van der Waals surface area contributed by atoms with Gasteiger partial charge in [-0.2, -0.15) is 0 Å². The highest BCUT2D eigenvalue weighted by atomic mass is 19.1. The SMILES string of the molecule is Cc1ccc2[nH]c(=O)c(CNC(=O)COc3ccc(F)cc3)cc2c1. The number of aromatic amines is 1. The number of carbonyl (C=O) groups is 1. The normalized spacial score (nSPS) is 10.6. The van der Waals surface area contributed by atoms with E-state index < -0.39 is 0 Å². The molecule has 2 N–H and O–H groups in total. The first-order valence-corrected chi connectivity index (χ1v) is 7.79. The number of nitrogens with one attached hydrogen (secondary N) is 2. The van der Waals surface area contributed by atoms with Crippen LogP contribution in [0.3, 0.4) is 0 Å². The Bertz CT molecular complexity index is 965. The topological polar surface area (TPSA) is 71.2 Å². The highest BCUT2D eigenvalue weighted by Crippen LogP contribution is 2.13. The Balaban J connectivity index is 1.61. The van der Waals surface area contributed by atoms with E-state index in [0.29, 0.717) is 11.3 Å². The molecule has 25 heavy (non-hydrogen) atoms. The molecule has 5 nitrogen and oxygen atoms in total. The molecule has 6 heteroatoms. The number of hydrogen-bond acceptors (Lipinski definition) is 3. The number of H-pyrrole nitrogens is 1. The minimum absolute atomic E-state index is 0.102. The Kier molecular flexibility index (Phi) is 4.79. The van der Waals surface area contributed by atoms with Crippen LogP contribution in [0.15, 0.2) is 53.3 Å². The first-order chi connectivity index (χ1) is 12.0. The number of amides is 1. The van der Waals surface area contributed by atoms with Crippen LogP contribution in [-0.4, -0.2) is 17.5 Å². The predicted molar refractivity (Wildman–Crippen MR) is 93.0 cm³/mol. The molecule has 0 fully saturated rings. The van der Waals surface area contributed by atoms with Gasteiger partial charge in [-0.15, -0.1) is 0 Å². The fourth-order valence-corrected chi connectivity index (χ4v) is 2.43. The summed E-state index contributed by atoms with van der Waals surface area (Å²) in [6, 6.07) is 12.9. The summed E-state index contributed by atoms with van der Waals surface area (Å²) >= 11 is 0. The van der Waals surface area contributed by atoms with Crippen LogP contribution >= 0.6 is 0 Å². The van der Waals surface area contributed by atoms with E-state index in [9.17, 15) is 14.0 Å². The summed E-state index contributed by atoms with van der Waals surface area (Å²) in [5.74, 6) is -0.341. The van der Waals surface area contributed by atoms with Crippen LogP contribution in [0.4, 0.5) is 4.39 Å². The average molecular weight is 340 g/mol. The lowest BCUT2D eigenvalue weighted by atomic mass is 10.1. The van der Waals surface area contributed by atoms with Crippen LogP contribution in [0.5, 0.6) is 5.75 Å². The van der Waals surface area contributed by atoms with Crippen molar-refractivity contribution in [2.24, 2.45) is 0 Å². The van der Waals surface area contributed by atoms with E-state index in [1.807, 2.05) is 25.1 Å². The van der Waals surface area contributed by atoms with Gasteiger partial charge in [0.2, 0.25) is 0 Å². The van der Waals surface area contributed by atoms with Crippen molar-refractivity contribution in [1.82, 2.24) is 10.3 Å². The number of hydrogen-bond donors (Lipinski definition) is 2. The van der Waals surface area contributed by atoms with Crippen molar-refractivity contribution in [2.75, 3.05) is 6.61 Å². The molecule has 0 aliphatic rings. The second-order valence-corrected chi connectivity index (χ2v) is 5.73. The number of fused-ring (bicyclic) bond motifs is 1. The van der Waals surface area contributed by atoms with Crippen LogP contribution in [0, 0.1) is 12.7 Å². The molecule has 1 aromatic heterocycles. The summed E-state index contributed by atoms with van der Waals surface area (Å²) in [6.45, 7) is 1.86. The summed E-state index contributed by atoms with van der Waals surface area (Å²) in [7, 11) is 0. The number of ether oxygens (including phenoxy) is 1. The Morgan fingerprint density at radius 2 is 1.92 bits per heavy atom. The van der Waals surface area contributed by atoms with Gasteiger partial charge in [-0.05, 0) is 54.8 Å². The highest BCUT2D eigenvalue weighted by molar-refractivity contribution is 5.80. The molecule has 0 saturated carbocycles. The van der Waals surface area contributed by atoms with Gasteiger partial charge in [-0.3, -0.25) is 9.59 Å². The van der Waals surface area contributed by atoms with Gasteiger partial charge >= 0.3 is 0 Å². The zero-order chi connectivity index (χ0) is 17.8. The summed E-state index contributed by atoms with van der Waals surface area (Å²) in [6.07, 6.45) is 0. The molecule has 128 valence electrons. The Morgan fingerprint density at radius 3 is 2.68 bits per heavy atom.